The van der Waals surface area contributed by atoms with Crippen LogP contribution in [0.3, 0.4) is 0 Å². The molecular weight excluding hydrogens is 220 g/mol. The lowest BCUT2D eigenvalue weighted by molar-refractivity contribution is -0.117. The molecule has 0 bridgehead atoms. The zero-order valence-corrected chi connectivity index (χ0v) is 10.5. The van der Waals surface area contributed by atoms with E-state index in [9.17, 15) is 4.79 Å². The van der Waals surface area contributed by atoms with Gasteiger partial charge in [0.2, 0.25) is 0 Å². The highest BCUT2D eigenvalue weighted by Gasteiger charge is 2.00. The summed E-state index contributed by atoms with van der Waals surface area (Å²) in [5, 5.41) is 0. The van der Waals surface area contributed by atoms with E-state index in [0.717, 1.165) is 18.4 Å². The summed E-state index contributed by atoms with van der Waals surface area (Å²) >= 11 is 0. The van der Waals surface area contributed by atoms with Gasteiger partial charge in [-0.1, -0.05) is 60.8 Å². The average Bonchev–Trinajstić information content (AvgIpc) is 2.45. The predicted molar refractivity (Wildman–Crippen MR) is 76.2 cm³/mol. The quantitative estimate of drug-likeness (QED) is 0.716. The van der Waals surface area contributed by atoms with Gasteiger partial charge in [0.05, 0.1) is 0 Å². The van der Waals surface area contributed by atoms with Crippen LogP contribution < -0.4 is 0 Å². The van der Waals surface area contributed by atoms with Crippen LogP contribution >= 0.6 is 0 Å². The molecular formula is C17H18O. The van der Waals surface area contributed by atoms with E-state index >= 15 is 0 Å². The van der Waals surface area contributed by atoms with Gasteiger partial charge >= 0.3 is 0 Å². The van der Waals surface area contributed by atoms with E-state index in [1.165, 1.54) is 5.57 Å². The molecule has 0 saturated heterocycles. The molecule has 0 radical (unpaired) electrons. The zero-order chi connectivity index (χ0) is 12.6. The monoisotopic (exact) mass is 238 g/mol. The number of carbonyl (C=O) groups is 1. The van der Waals surface area contributed by atoms with E-state index in [0.29, 0.717) is 12.8 Å². The lowest BCUT2D eigenvalue weighted by Crippen LogP contribution is -1.95. The van der Waals surface area contributed by atoms with Crippen molar-refractivity contribution in [1.29, 1.82) is 0 Å². The molecule has 92 valence electrons. The first-order valence-corrected chi connectivity index (χ1v) is 6.42. The van der Waals surface area contributed by atoms with E-state index in [-0.39, 0.29) is 5.78 Å². The van der Waals surface area contributed by atoms with Gasteiger partial charge in [-0.3, -0.25) is 4.79 Å². The van der Waals surface area contributed by atoms with Crippen LogP contribution in [0, 0.1) is 0 Å². The molecule has 1 heteroatoms. The molecule has 18 heavy (non-hydrogen) atoms. The first-order chi connectivity index (χ1) is 8.84. The molecule has 0 amide bonds. The molecule has 0 N–H and O–H groups in total. The fraction of sp³-hybridized carbons (Fsp3) is 0.235. The first-order valence-electron chi connectivity index (χ1n) is 6.42. The number of rotatable bonds is 4. The summed E-state index contributed by atoms with van der Waals surface area (Å²) in [6.45, 7) is 0. The van der Waals surface area contributed by atoms with Crippen molar-refractivity contribution < 1.29 is 4.79 Å². The number of allylic oxidation sites excluding steroid dienone is 12. The molecule has 0 spiro atoms. The van der Waals surface area contributed by atoms with Crippen LogP contribution in [0.2, 0.25) is 0 Å². The summed E-state index contributed by atoms with van der Waals surface area (Å²) in [6.07, 6.45) is 23.6. The summed E-state index contributed by atoms with van der Waals surface area (Å²) in [5.74, 6) is 0.269. The summed E-state index contributed by atoms with van der Waals surface area (Å²) in [4.78, 5) is 11.7. The third-order valence-corrected chi connectivity index (χ3v) is 2.96. The Bertz CT molecular complexity index is 468. The van der Waals surface area contributed by atoms with Crippen LogP contribution in [0.15, 0.2) is 71.9 Å². The van der Waals surface area contributed by atoms with Gasteiger partial charge in [0.1, 0.15) is 5.78 Å². The van der Waals surface area contributed by atoms with E-state index in [2.05, 4.69) is 36.5 Å². The molecule has 0 aromatic rings. The average molecular weight is 238 g/mol. The molecule has 0 heterocycles. The molecule has 0 fully saturated rings. The molecule has 0 aromatic heterocycles. The number of Topliss-reactive ketones (excluding diaryl/α,β-unsaturated/α-hetero) is 1. The minimum absolute atomic E-state index is 0.269. The summed E-state index contributed by atoms with van der Waals surface area (Å²) in [6, 6.07) is 0. The molecule has 2 aliphatic carbocycles. The smallest absolute Gasteiger partial charge is 0.140 e. The van der Waals surface area contributed by atoms with Crippen molar-refractivity contribution in [2.24, 2.45) is 0 Å². The van der Waals surface area contributed by atoms with Crippen LogP contribution in [0.5, 0.6) is 0 Å². The van der Waals surface area contributed by atoms with E-state index in [1.54, 1.807) is 0 Å². The Hall–Kier alpha value is -1.89. The molecule has 0 aliphatic heterocycles. The van der Waals surface area contributed by atoms with E-state index < -0.39 is 0 Å². The fourth-order valence-corrected chi connectivity index (χ4v) is 1.92. The highest BCUT2D eigenvalue weighted by molar-refractivity contribution is 5.81. The van der Waals surface area contributed by atoms with Crippen LogP contribution in [0.4, 0.5) is 0 Å². The fourth-order valence-electron chi connectivity index (χ4n) is 1.92. The summed E-state index contributed by atoms with van der Waals surface area (Å²) in [7, 11) is 0. The highest BCUT2D eigenvalue weighted by atomic mass is 16.1. The maximum Gasteiger partial charge on any atom is 0.140 e. The zero-order valence-electron chi connectivity index (χ0n) is 10.5. The Morgan fingerprint density at radius 1 is 1.00 bits per heavy atom. The number of hydrogen-bond donors (Lipinski definition) is 0. The summed E-state index contributed by atoms with van der Waals surface area (Å²) < 4.78 is 0. The Morgan fingerprint density at radius 2 is 1.78 bits per heavy atom. The number of carbonyl (C=O) groups excluding carboxylic acids is 1. The summed E-state index contributed by atoms with van der Waals surface area (Å²) in [5.41, 5.74) is 2.37. The highest BCUT2D eigenvalue weighted by Crippen LogP contribution is 2.12. The molecule has 2 rings (SSSR count). The Labute approximate surface area is 109 Å². The van der Waals surface area contributed by atoms with Gasteiger partial charge in [-0.2, -0.15) is 0 Å². The third kappa shape index (κ3) is 4.17. The topological polar surface area (TPSA) is 17.1 Å². The molecule has 1 nitrogen and oxygen atoms in total. The van der Waals surface area contributed by atoms with Gasteiger partial charge in [-0.25, -0.2) is 0 Å². The van der Waals surface area contributed by atoms with E-state index in [1.807, 2.05) is 24.3 Å². The van der Waals surface area contributed by atoms with Crippen molar-refractivity contribution in [1.82, 2.24) is 0 Å². The number of hydrogen-bond acceptors (Lipinski definition) is 1. The van der Waals surface area contributed by atoms with Crippen LogP contribution in [0.1, 0.15) is 25.7 Å². The maximum atomic E-state index is 11.7. The second kappa shape index (κ2) is 6.75. The standard InChI is InChI=1S/C17H18O/c18-17(13-11-15-7-3-1-4-8-15)14-12-16-9-5-2-6-10-16/h1,3-7,9-12H,2,8,13-14H2/b15-11-. The molecule has 0 aromatic carbocycles. The predicted octanol–water partition coefficient (Wildman–Crippen LogP) is 4.22. The van der Waals surface area contributed by atoms with Crippen molar-refractivity contribution in [2.75, 3.05) is 0 Å². The van der Waals surface area contributed by atoms with Crippen molar-refractivity contribution >= 4 is 5.78 Å². The van der Waals surface area contributed by atoms with Crippen LogP contribution in [-0.2, 0) is 4.79 Å². The van der Waals surface area contributed by atoms with Gasteiger partial charge in [0, 0.05) is 12.8 Å². The number of ketones is 1. The third-order valence-electron chi connectivity index (χ3n) is 2.96. The Morgan fingerprint density at radius 3 is 2.50 bits per heavy atom. The second-order valence-electron chi connectivity index (χ2n) is 4.46. The molecule has 0 saturated carbocycles. The molecule has 0 unspecified atom stereocenters. The minimum atomic E-state index is 0.269. The van der Waals surface area contributed by atoms with Gasteiger partial charge in [-0.15, -0.1) is 0 Å². The van der Waals surface area contributed by atoms with Crippen LogP contribution in [-0.4, -0.2) is 5.78 Å². The molecule has 0 atom stereocenters. The van der Waals surface area contributed by atoms with Gasteiger partial charge < -0.3 is 0 Å². The lowest BCUT2D eigenvalue weighted by atomic mass is 10.0. The second-order valence-corrected chi connectivity index (χ2v) is 4.46. The van der Waals surface area contributed by atoms with Crippen LogP contribution in [0.25, 0.3) is 0 Å². The van der Waals surface area contributed by atoms with Gasteiger partial charge in [0.25, 0.3) is 0 Å². The van der Waals surface area contributed by atoms with E-state index in [4.69, 9.17) is 0 Å². The first kappa shape index (κ1) is 12.6. The van der Waals surface area contributed by atoms with Crippen molar-refractivity contribution in [3.63, 3.8) is 0 Å². The minimum Gasteiger partial charge on any atom is -0.299 e. The SMILES string of the molecule is O=C(CC=C1C=CCC=C1)C/C=C1/C=CC=CC1. The van der Waals surface area contributed by atoms with Gasteiger partial charge in [-0.05, 0) is 24.0 Å². The Kier molecular flexibility index (Phi) is 4.71. The Balaban J connectivity index is 1.80. The van der Waals surface area contributed by atoms with Gasteiger partial charge in [0.15, 0.2) is 0 Å². The largest absolute Gasteiger partial charge is 0.299 e. The molecule has 2 aliphatic rings. The van der Waals surface area contributed by atoms with Crippen molar-refractivity contribution in [2.45, 2.75) is 25.7 Å². The normalized spacial score (nSPS) is 19.6. The van der Waals surface area contributed by atoms with Crippen molar-refractivity contribution in [3.05, 3.63) is 71.9 Å². The maximum absolute atomic E-state index is 11.7. The lowest BCUT2D eigenvalue weighted by Gasteiger charge is -2.02. The van der Waals surface area contributed by atoms with Crippen molar-refractivity contribution in [3.8, 4) is 0 Å².